The van der Waals surface area contributed by atoms with Crippen molar-refractivity contribution in [2.75, 3.05) is 0 Å². The van der Waals surface area contributed by atoms with E-state index in [1.54, 1.807) is 13.8 Å². The molecule has 0 radical (unpaired) electrons. The summed E-state index contributed by atoms with van der Waals surface area (Å²) in [7, 11) is 0. The molecule has 0 atom stereocenters. The van der Waals surface area contributed by atoms with Crippen molar-refractivity contribution in [2.45, 2.75) is 47.0 Å². The van der Waals surface area contributed by atoms with Crippen molar-refractivity contribution in [3.8, 4) is 0 Å². The molecule has 2 rings (SSSR count). The second-order valence-electron chi connectivity index (χ2n) is 6.29. The zero-order valence-corrected chi connectivity index (χ0v) is 14.8. The lowest BCUT2D eigenvalue weighted by molar-refractivity contribution is -0.113. The number of aldehydes is 1. The van der Waals surface area contributed by atoms with Crippen molar-refractivity contribution >= 4 is 23.1 Å². The molecule has 0 fully saturated rings. The molecule has 0 bridgehead atoms. The molecule has 1 aromatic carbocycles. The van der Waals surface area contributed by atoms with E-state index in [1.807, 2.05) is 38.1 Å². The van der Waals surface area contributed by atoms with Crippen LogP contribution in [0.1, 0.15) is 46.4 Å². The van der Waals surface area contributed by atoms with Gasteiger partial charge in [-0.15, -0.1) is 0 Å². The molecule has 2 aromatic rings. The van der Waals surface area contributed by atoms with Gasteiger partial charge in [0.1, 0.15) is 12.1 Å². The number of benzene rings is 1. The normalized spacial score (nSPS) is 12.0. The fourth-order valence-electron chi connectivity index (χ4n) is 2.64. The number of allylic oxidation sites excluding steroid dienone is 4. The summed E-state index contributed by atoms with van der Waals surface area (Å²) >= 11 is 0. The van der Waals surface area contributed by atoms with Gasteiger partial charge in [0, 0.05) is 12.0 Å². The number of hydrogen-bond donors (Lipinski definition) is 1. The highest BCUT2D eigenvalue weighted by molar-refractivity contribution is 6.10. The molecule has 0 aliphatic rings. The van der Waals surface area contributed by atoms with Gasteiger partial charge in [0.15, 0.2) is 5.78 Å². The van der Waals surface area contributed by atoms with Gasteiger partial charge in [-0.1, -0.05) is 17.7 Å². The first-order valence-electron chi connectivity index (χ1n) is 8.21. The van der Waals surface area contributed by atoms with Crippen LogP contribution in [0, 0.1) is 0 Å². The number of fused-ring (bicyclic) bond motifs is 1. The van der Waals surface area contributed by atoms with Gasteiger partial charge in [-0.25, -0.2) is 4.98 Å². The van der Waals surface area contributed by atoms with Crippen molar-refractivity contribution in [3.05, 3.63) is 52.4 Å². The SMILES string of the molecule is CC(C)=C(CCCc1nc2ccccc2[nH]1)C(=O)/C(C)=C(/C)C=O. The van der Waals surface area contributed by atoms with Crippen LogP contribution in [-0.4, -0.2) is 22.0 Å². The summed E-state index contributed by atoms with van der Waals surface area (Å²) in [6.45, 7) is 7.28. The fourth-order valence-corrected chi connectivity index (χ4v) is 2.64. The number of aromatic nitrogens is 2. The van der Waals surface area contributed by atoms with Crippen LogP contribution in [-0.2, 0) is 16.0 Å². The summed E-state index contributed by atoms with van der Waals surface area (Å²) in [5.74, 6) is 0.914. The Bertz CT molecular complexity index is 788. The summed E-state index contributed by atoms with van der Waals surface area (Å²) in [5.41, 5.74) is 4.83. The molecule has 0 aliphatic carbocycles. The number of aromatic amines is 1. The van der Waals surface area contributed by atoms with Crippen LogP contribution in [0.5, 0.6) is 0 Å². The van der Waals surface area contributed by atoms with Crippen molar-refractivity contribution in [3.63, 3.8) is 0 Å². The van der Waals surface area contributed by atoms with Crippen LogP contribution in [0.25, 0.3) is 11.0 Å². The summed E-state index contributed by atoms with van der Waals surface area (Å²) in [6, 6.07) is 7.94. The number of nitrogens with zero attached hydrogens (tertiary/aromatic N) is 1. The minimum absolute atomic E-state index is 0.0239. The molecule has 1 heterocycles. The van der Waals surface area contributed by atoms with E-state index < -0.39 is 0 Å². The van der Waals surface area contributed by atoms with Crippen molar-refractivity contribution in [1.29, 1.82) is 0 Å². The quantitative estimate of drug-likeness (QED) is 0.609. The zero-order valence-electron chi connectivity index (χ0n) is 14.8. The van der Waals surface area contributed by atoms with Crippen molar-refractivity contribution < 1.29 is 9.59 Å². The molecule has 0 saturated heterocycles. The highest BCUT2D eigenvalue weighted by atomic mass is 16.1. The first kappa shape index (κ1) is 17.9. The van der Waals surface area contributed by atoms with Gasteiger partial charge in [-0.3, -0.25) is 9.59 Å². The molecule has 4 nitrogen and oxygen atoms in total. The number of rotatable bonds is 7. The fraction of sp³-hybridized carbons (Fsp3) is 0.350. The summed E-state index contributed by atoms with van der Waals surface area (Å²) in [4.78, 5) is 31.3. The average Bonchev–Trinajstić information content (AvgIpc) is 2.99. The Morgan fingerprint density at radius 2 is 1.88 bits per heavy atom. The maximum absolute atomic E-state index is 12.6. The lowest BCUT2D eigenvalue weighted by atomic mass is 9.94. The number of para-hydroxylation sites is 2. The van der Waals surface area contributed by atoms with E-state index in [0.29, 0.717) is 17.6 Å². The molecule has 0 saturated carbocycles. The number of hydrogen-bond acceptors (Lipinski definition) is 3. The molecule has 24 heavy (non-hydrogen) atoms. The molecule has 0 aliphatic heterocycles. The van der Waals surface area contributed by atoms with Gasteiger partial charge >= 0.3 is 0 Å². The minimum Gasteiger partial charge on any atom is -0.342 e. The van der Waals surface area contributed by atoms with Gasteiger partial charge in [-0.2, -0.15) is 0 Å². The molecule has 4 heteroatoms. The summed E-state index contributed by atoms with van der Waals surface area (Å²) in [6.07, 6.45) is 3.04. The molecular weight excluding hydrogens is 300 g/mol. The largest absolute Gasteiger partial charge is 0.342 e. The first-order chi connectivity index (χ1) is 11.4. The summed E-state index contributed by atoms with van der Waals surface area (Å²) in [5, 5.41) is 0. The third-order valence-corrected chi connectivity index (χ3v) is 4.27. The average molecular weight is 324 g/mol. The van der Waals surface area contributed by atoms with E-state index >= 15 is 0 Å². The van der Waals surface area contributed by atoms with Crippen LogP contribution in [0.15, 0.2) is 46.6 Å². The molecule has 126 valence electrons. The number of aryl methyl sites for hydroxylation is 1. The van der Waals surface area contributed by atoms with E-state index in [0.717, 1.165) is 47.1 Å². The van der Waals surface area contributed by atoms with E-state index in [2.05, 4.69) is 9.97 Å². The van der Waals surface area contributed by atoms with E-state index in [4.69, 9.17) is 0 Å². The van der Waals surface area contributed by atoms with Gasteiger partial charge < -0.3 is 4.98 Å². The lowest BCUT2D eigenvalue weighted by Crippen LogP contribution is -2.09. The topological polar surface area (TPSA) is 62.8 Å². The maximum atomic E-state index is 12.6. The number of imidazole rings is 1. The van der Waals surface area contributed by atoms with Crippen molar-refractivity contribution in [2.24, 2.45) is 0 Å². The Balaban J connectivity index is 2.06. The van der Waals surface area contributed by atoms with Crippen molar-refractivity contribution in [1.82, 2.24) is 9.97 Å². The highest BCUT2D eigenvalue weighted by Crippen LogP contribution is 2.20. The third kappa shape index (κ3) is 4.07. The van der Waals surface area contributed by atoms with Crippen LogP contribution < -0.4 is 0 Å². The van der Waals surface area contributed by atoms with Gasteiger partial charge in [0.25, 0.3) is 0 Å². The zero-order chi connectivity index (χ0) is 17.7. The monoisotopic (exact) mass is 324 g/mol. The third-order valence-electron chi connectivity index (χ3n) is 4.27. The molecule has 1 N–H and O–H groups in total. The number of H-pyrrole nitrogens is 1. The predicted octanol–water partition coefficient (Wildman–Crippen LogP) is 4.33. The number of nitrogens with one attached hydrogen (secondary N) is 1. The number of ketones is 1. The van der Waals surface area contributed by atoms with Crippen LogP contribution in [0.2, 0.25) is 0 Å². The Kier molecular flexibility index (Phi) is 5.85. The smallest absolute Gasteiger partial charge is 0.185 e. The van der Waals surface area contributed by atoms with E-state index in [9.17, 15) is 9.59 Å². The standard InChI is InChI=1S/C20H24N2O2/c1-13(2)16(20(24)15(4)14(3)12-23)8-7-11-19-21-17-9-5-6-10-18(17)22-19/h5-6,9-10,12H,7-8,11H2,1-4H3,(H,21,22)/b15-14-. The molecule has 0 unspecified atom stereocenters. The molecule has 0 amide bonds. The molecule has 1 aromatic heterocycles. The van der Waals surface area contributed by atoms with Gasteiger partial charge in [0.2, 0.25) is 0 Å². The summed E-state index contributed by atoms with van der Waals surface area (Å²) < 4.78 is 0. The van der Waals surface area contributed by atoms with Gasteiger partial charge in [0.05, 0.1) is 11.0 Å². The van der Waals surface area contributed by atoms with Crippen LogP contribution in [0.4, 0.5) is 0 Å². The Hall–Kier alpha value is -2.49. The highest BCUT2D eigenvalue weighted by Gasteiger charge is 2.15. The number of Topliss-reactive ketones (excluding diaryl/α,β-unsaturated/α-hetero) is 1. The molecule has 0 spiro atoms. The Labute approximate surface area is 142 Å². The van der Waals surface area contributed by atoms with E-state index in [1.165, 1.54) is 0 Å². The predicted molar refractivity (Wildman–Crippen MR) is 96.9 cm³/mol. The second-order valence-corrected chi connectivity index (χ2v) is 6.29. The minimum atomic E-state index is -0.0239. The van der Waals surface area contributed by atoms with Crippen LogP contribution in [0.3, 0.4) is 0 Å². The Morgan fingerprint density at radius 3 is 2.50 bits per heavy atom. The maximum Gasteiger partial charge on any atom is 0.185 e. The van der Waals surface area contributed by atoms with Crippen LogP contribution >= 0.6 is 0 Å². The molecular formula is C20H24N2O2. The van der Waals surface area contributed by atoms with E-state index in [-0.39, 0.29) is 5.78 Å². The second kappa shape index (κ2) is 7.86. The number of carbonyl (C=O) groups is 2. The number of carbonyl (C=O) groups excluding carboxylic acids is 2. The Morgan fingerprint density at radius 1 is 1.17 bits per heavy atom. The first-order valence-corrected chi connectivity index (χ1v) is 8.21. The lowest BCUT2D eigenvalue weighted by Gasteiger charge is -2.10. The van der Waals surface area contributed by atoms with Gasteiger partial charge in [-0.05, 0) is 63.8 Å².